The third kappa shape index (κ3) is 6.04. The summed E-state index contributed by atoms with van der Waals surface area (Å²) in [5, 5.41) is 5.68. The topological polar surface area (TPSA) is 91.4 Å². The largest absolute Gasteiger partial charge is 0.342 e. The standard InChI is InChI=1S/C23H27ClN4O3/c1-14-9-15(2)13-28(12-14)23(31)18-10-17(24)7-8-19(18)27-21(29)11-25-22(30)20-6-4-5-16(3)26-20/h4-8,10,14-15H,9,11-13H2,1-3H3,(H,25,30)(H,27,29)/t14-,15?/m0/s1. The molecule has 164 valence electrons. The summed E-state index contributed by atoms with van der Waals surface area (Å²) < 4.78 is 0. The van der Waals surface area contributed by atoms with Crippen molar-refractivity contribution in [3.8, 4) is 0 Å². The number of carbonyl (C=O) groups is 3. The van der Waals surface area contributed by atoms with Crippen molar-refractivity contribution in [2.45, 2.75) is 27.2 Å². The summed E-state index contributed by atoms with van der Waals surface area (Å²) in [6, 6.07) is 9.88. The lowest BCUT2D eigenvalue weighted by molar-refractivity contribution is -0.115. The molecule has 2 heterocycles. The lowest BCUT2D eigenvalue weighted by atomic mass is 9.91. The first-order valence-electron chi connectivity index (χ1n) is 10.3. The Bertz CT molecular complexity index is 985. The van der Waals surface area contributed by atoms with Gasteiger partial charge in [0.25, 0.3) is 11.8 Å². The average molecular weight is 443 g/mol. The van der Waals surface area contributed by atoms with Crippen LogP contribution in [-0.4, -0.2) is 47.2 Å². The SMILES string of the molecule is Cc1cccc(C(=O)NCC(=O)Nc2ccc(Cl)cc2C(=O)N2CC(C)C[C@H](C)C2)n1. The first-order chi connectivity index (χ1) is 14.7. The van der Waals surface area contributed by atoms with E-state index in [9.17, 15) is 14.4 Å². The molecule has 0 aliphatic carbocycles. The lowest BCUT2D eigenvalue weighted by Gasteiger charge is -2.35. The number of anilines is 1. The van der Waals surface area contributed by atoms with Crippen LogP contribution in [0.4, 0.5) is 5.69 Å². The minimum atomic E-state index is -0.447. The van der Waals surface area contributed by atoms with E-state index in [1.54, 1.807) is 43.3 Å². The molecule has 8 heteroatoms. The van der Waals surface area contributed by atoms with Crippen LogP contribution in [0.3, 0.4) is 0 Å². The Morgan fingerprint density at radius 1 is 1.13 bits per heavy atom. The quantitative estimate of drug-likeness (QED) is 0.741. The molecule has 3 amide bonds. The molecular weight excluding hydrogens is 416 g/mol. The number of aryl methyl sites for hydroxylation is 1. The zero-order valence-electron chi connectivity index (χ0n) is 17.9. The molecular formula is C23H27ClN4O3. The zero-order chi connectivity index (χ0) is 22.5. The second-order valence-electron chi connectivity index (χ2n) is 8.24. The van der Waals surface area contributed by atoms with Crippen LogP contribution in [0.5, 0.6) is 0 Å². The zero-order valence-corrected chi connectivity index (χ0v) is 18.7. The number of halogens is 1. The molecule has 1 unspecified atom stereocenters. The molecule has 1 aliphatic heterocycles. The summed E-state index contributed by atoms with van der Waals surface area (Å²) in [5.74, 6) is -0.227. The molecule has 2 atom stereocenters. The number of carbonyl (C=O) groups excluding carboxylic acids is 3. The van der Waals surface area contributed by atoms with Crippen LogP contribution in [0.15, 0.2) is 36.4 Å². The van der Waals surface area contributed by atoms with Gasteiger partial charge >= 0.3 is 0 Å². The summed E-state index contributed by atoms with van der Waals surface area (Å²) >= 11 is 6.13. The number of hydrogen-bond donors (Lipinski definition) is 2. The maximum Gasteiger partial charge on any atom is 0.270 e. The number of piperidine rings is 1. The number of nitrogens with one attached hydrogen (secondary N) is 2. The van der Waals surface area contributed by atoms with Crippen molar-refractivity contribution in [3.05, 3.63) is 58.4 Å². The number of likely N-dealkylation sites (tertiary alicyclic amines) is 1. The molecule has 1 saturated heterocycles. The van der Waals surface area contributed by atoms with Gasteiger partial charge in [0.2, 0.25) is 5.91 Å². The lowest BCUT2D eigenvalue weighted by Crippen LogP contribution is -2.43. The molecule has 31 heavy (non-hydrogen) atoms. The number of benzene rings is 1. The number of aromatic nitrogens is 1. The number of nitrogens with zero attached hydrogens (tertiary/aromatic N) is 2. The Balaban J connectivity index is 1.68. The molecule has 1 fully saturated rings. The Morgan fingerprint density at radius 2 is 1.84 bits per heavy atom. The Hall–Kier alpha value is -2.93. The second-order valence-corrected chi connectivity index (χ2v) is 8.68. The van der Waals surface area contributed by atoms with Gasteiger partial charge in [-0.05, 0) is 55.5 Å². The van der Waals surface area contributed by atoms with E-state index < -0.39 is 11.8 Å². The van der Waals surface area contributed by atoms with Crippen LogP contribution in [0.1, 0.15) is 46.8 Å². The van der Waals surface area contributed by atoms with Crippen molar-refractivity contribution >= 4 is 35.0 Å². The third-order valence-corrected chi connectivity index (χ3v) is 5.41. The maximum absolute atomic E-state index is 13.2. The van der Waals surface area contributed by atoms with E-state index in [-0.39, 0.29) is 18.1 Å². The molecule has 0 radical (unpaired) electrons. The van der Waals surface area contributed by atoms with Crippen molar-refractivity contribution < 1.29 is 14.4 Å². The monoisotopic (exact) mass is 442 g/mol. The number of rotatable bonds is 5. The van der Waals surface area contributed by atoms with Crippen molar-refractivity contribution in [2.75, 3.05) is 25.0 Å². The molecule has 0 saturated carbocycles. The number of hydrogen-bond acceptors (Lipinski definition) is 4. The first-order valence-corrected chi connectivity index (χ1v) is 10.7. The van der Waals surface area contributed by atoms with Gasteiger partial charge < -0.3 is 15.5 Å². The normalized spacial score (nSPS) is 18.4. The predicted molar refractivity (Wildman–Crippen MR) is 120 cm³/mol. The van der Waals surface area contributed by atoms with E-state index in [0.29, 0.717) is 46.9 Å². The van der Waals surface area contributed by atoms with E-state index in [0.717, 1.165) is 6.42 Å². The van der Waals surface area contributed by atoms with Crippen LogP contribution >= 0.6 is 11.6 Å². The third-order valence-electron chi connectivity index (χ3n) is 5.17. The van der Waals surface area contributed by atoms with Gasteiger partial charge in [-0.15, -0.1) is 0 Å². The van der Waals surface area contributed by atoms with Gasteiger partial charge in [-0.3, -0.25) is 14.4 Å². The average Bonchev–Trinajstić information content (AvgIpc) is 2.72. The molecule has 7 nitrogen and oxygen atoms in total. The van der Waals surface area contributed by atoms with Gasteiger partial charge in [-0.2, -0.15) is 0 Å². The van der Waals surface area contributed by atoms with Crippen LogP contribution < -0.4 is 10.6 Å². The molecule has 2 aromatic rings. The van der Waals surface area contributed by atoms with E-state index in [1.165, 1.54) is 0 Å². The van der Waals surface area contributed by atoms with Crippen molar-refractivity contribution in [1.82, 2.24) is 15.2 Å². The molecule has 0 spiro atoms. The van der Waals surface area contributed by atoms with E-state index in [4.69, 9.17) is 11.6 Å². The van der Waals surface area contributed by atoms with Crippen LogP contribution in [0.2, 0.25) is 5.02 Å². The summed E-state index contributed by atoms with van der Waals surface area (Å²) in [6.07, 6.45) is 1.08. The minimum Gasteiger partial charge on any atom is -0.342 e. The fraction of sp³-hybridized carbons (Fsp3) is 0.391. The number of amides is 3. The molecule has 1 aromatic heterocycles. The minimum absolute atomic E-state index is 0.163. The van der Waals surface area contributed by atoms with E-state index >= 15 is 0 Å². The van der Waals surface area contributed by atoms with E-state index in [1.807, 2.05) is 4.90 Å². The van der Waals surface area contributed by atoms with Gasteiger partial charge in [-0.25, -0.2) is 4.98 Å². The smallest absolute Gasteiger partial charge is 0.270 e. The highest BCUT2D eigenvalue weighted by atomic mass is 35.5. The van der Waals surface area contributed by atoms with E-state index in [2.05, 4.69) is 29.5 Å². The van der Waals surface area contributed by atoms with Gasteiger partial charge in [-0.1, -0.05) is 31.5 Å². The maximum atomic E-state index is 13.2. The summed E-state index contributed by atoms with van der Waals surface area (Å²) in [4.78, 5) is 43.8. The summed E-state index contributed by atoms with van der Waals surface area (Å²) in [5.41, 5.74) is 1.66. The van der Waals surface area contributed by atoms with Gasteiger partial charge in [0.05, 0.1) is 17.8 Å². The Labute approximate surface area is 187 Å². The van der Waals surface area contributed by atoms with Crippen LogP contribution in [0, 0.1) is 18.8 Å². The fourth-order valence-electron chi connectivity index (χ4n) is 3.92. The Morgan fingerprint density at radius 3 is 2.52 bits per heavy atom. The molecule has 0 bridgehead atoms. The molecule has 1 aromatic carbocycles. The highest BCUT2D eigenvalue weighted by Crippen LogP contribution is 2.27. The fourth-order valence-corrected chi connectivity index (χ4v) is 4.09. The highest BCUT2D eigenvalue weighted by molar-refractivity contribution is 6.31. The van der Waals surface area contributed by atoms with Crippen LogP contribution in [-0.2, 0) is 4.79 Å². The first kappa shape index (κ1) is 22.7. The van der Waals surface area contributed by atoms with Gasteiger partial charge in [0.1, 0.15) is 5.69 Å². The number of pyridine rings is 1. The van der Waals surface area contributed by atoms with Crippen molar-refractivity contribution in [3.63, 3.8) is 0 Å². The second kappa shape index (κ2) is 9.92. The highest BCUT2D eigenvalue weighted by Gasteiger charge is 2.28. The summed E-state index contributed by atoms with van der Waals surface area (Å²) in [6.45, 7) is 7.13. The Kier molecular flexibility index (Phi) is 7.28. The molecule has 2 N–H and O–H groups in total. The van der Waals surface area contributed by atoms with Gasteiger partial charge in [0, 0.05) is 23.8 Å². The van der Waals surface area contributed by atoms with Gasteiger partial charge in [0.15, 0.2) is 0 Å². The predicted octanol–water partition coefficient (Wildman–Crippen LogP) is 3.53. The molecule has 1 aliphatic rings. The van der Waals surface area contributed by atoms with Crippen molar-refractivity contribution in [1.29, 1.82) is 0 Å². The summed E-state index contributed by atoms with van der Waals surface area (Å²) in [7, 11) is 0. The van der Waals surface area contributed by atoms with Crippen molar-refractivity contribution in [2.24, 2.45) is 11.8 Å². The molecule has 3 rings (SSSR count). The van der Waals surface area contributed by atoms with Crippen LogP contribution in [0.25, 0.3) is 0 Å².